The van der Waals surface area contributed by atoms with Gasteiger partial charge in [0, 0.05) is 7.05 Å². The van der Waals surface area contributed by atoms with Crippen molar-refractivity contribution in [1.82, 2.24) is 19.6 Å². The fraction of sp³-hybridized carbons (Fsp3) is 0.0667. The van der Waals surface area contributed by atoms with Crippen LogP contribution in [0.3, 0.4) is 0 Å². The maximum absolute atomic E-state index is 12.5. The number of anilines is 1. The van der Waals surface area contributed by atoms with Gasteiger partial charge < -0.3 is 5.32 Å². The summed E-state index contributed by atoms with van der Waals surface area (Å²) in [7, 11) is 1.42. The van der Waals surface area contributed by atoms with Crippen LogP contribution in [0.5, 0.6) is 0 Å². The molecule has 2 heterocycles. The van der Waals surface area contributed by atoms with Gasteiger partial charge in [-0.15, -0.1) is 0 Å². The first kappa shape index (κ1) is 15.9. The van der Waals surface area contributed by atoms with Gasteiger partial charge in [-0.2, -0.15) is 15.5 Å². The molecular weight excluding hydrogens is 326 g/mol. The Bertz CT molecular complexity index is 998. The second-order valence-corrected chi connectivity index (χ2v) is 4.98. The molecule has 0 saturated heterocycles. The second-order valence-electron chi connectivity index (χ2n) is 4.98. The largest absolute Gasteiger partial charge is 0.320 e. The van der Waals surface area contributed by atoms with E-state index in [1.165, 1.54) is 17.9 Å². The van der Waals surface area contributed by atoms with Crippen molar-refractivity contribution in [3.05, 3.63) is 64.1 Å². The summed E-state index contributed by atoms with van der Waals surface area (Å²) in [5.41, 5.74) is 0.0971. The Morgan fingerprint density at radius 3 is 2.64 bits per heavy atom. The molecule has 0 aliphatic heterocycles. The van der Waals surface area contributed by atoms with Crippen LogP contribution in [0.25, 0.3) is 5.69 Å². The first-order valence-electron chi connectivity index (χ1n) is 7.04. The first-order chi connectivity index (χ1) is 12.0. The number of nitriles is 1. The lowest BCUT2D eigenvalue weighted by Gasteiger charge is -2.09. The number of hydrogen-bond donors (Lipinski definition) is 1. The number of carbonyl (C=O) groups is 1. The van der Waals surface area contributed by atoms with E-state index < -0.39 is 16.5 Å². The van der Waals surface area contributed by atoms with E-state index in [0.29, 0.717) is 5.69 Å². The second kappa shape index (κ2) is 6.25. The fourth-order valence-electron chi connectivity index (χ4n) is 2.31. The Kier molecular flexibility index (Phi) is 3.97. The molecular formula is C15H11N7O3. The Hall–Kier alpha value is -4.00. The van der Waals surface area contributed by atoms with Gasteiger partial charge in [0.1, 0.15) is 17.8 Å². The summed E-state index contributed by atoms with van der Waals surface area (Å²) in [5.74, 6) is -0.643. The minimum Gasteiger partial charge on any atom is -0.304 e. The van der Waals surface area contributed by atoms with Gasteiger partial charge in [0.2, 0.25) is 5.69 Å². The average molecular weight is 337 g/mol. The smallest absolute Gasteiger partial charge is 0.304 e. The topological polar surface area (TPSA) is 132 Å². The van der Waals surface area contributed by atoms with Gasteiger partial charge in [0.15, 0.2) is 5.82 Å². The number of nitrogens with zero attached hydrogens (tertiary/aromatic N) is 6. The van der Waals surface area contributed by atoms with E-state index in [-0.39, 0.29) is 17.1 Å². The molecule has 0 atom stereocenters. The molecule has 3 rings (SSSR count). The van der Waals surface area contributed by atoms with E-state index >= 15 is 0 Å². The third-order valence-electron chi connectivity index (χ3n) is 3.45. The van der Waals surface area contributed by atoms with Crippen LogP contribution in [-0.2, 0) is 7.05 Å². The highest BCUT2D eigenvalue weighted by atomic mass is 16.6. The van der Waals surface area contributed by atoms with Crippen LogP contribution >= 0.6 is 0 Å². The quantitative estimate of drug-likeness (QED) is 0.568. The van der Waals surface area contributed by atoms with Gasteiger partial charge >= 0.3 is 5.69 Å². The summed E-state index contributed by atoms with van der Waals surface area (Å²) >= 11 is 0. The lowest BCUT2D eigenvalue weighted by atomic mass is 10.3. The first-order valence-corrected chi connectivity index (χ1v) is 7.04. The number of rotatable bonds is 4. The predicted molar refractivity (Wildman–Crippen MR) is 86.1 cm³/mol. The molecule has 10 heteroatoms. The van der Waals surface area contributed by atoms with E-state index in [0.717, 1.165) is 10.9 Å². The summed E-state index contributed by atoms with van der Waals surface area (Å²) in [6.45, 7) is 0. The van der Waals surface area contributed by atoms with Crippen molar-refractivity contribution in [2.75, 3.05) is 5.32 Å². The Balaban J connectivity index is 2.03. The molecule has 0 fully saturated rings. The van der Waals surface area contributed by atoms with Crippen molar-refractivity contribution in [2.24, 2.45) is 7.05 Å². The monoisotopic (exact) mass is 337 g/mol. The SMILES string of the molecule is Cn1ncc([N+](=O)[O-])c1C(=O)Nc1c(C#N)cnn1-c1ccccc1. The molecule has 0 unspecified atom stereocenters. The standard InChI is InChI=1S/C15H11N7O3/c1-20-13(12(9-17-20)22(24)25)15(23)19-14-10(7-16)8-18-21(14)11-5-3-2-4-6-11/h2-6,8-9H,1H3,(H,19,23). The van der Waals surface area contributed by atoms with Crippen LogP contribution in [0.15, 0.2) is 42.7 Å². The number of nitro groups is 1. The molecule has 25 heavy (non-hydrogen) atoms. The number of benzene rings is 1. The normalized spacial score (nSPS) is 10.2. The maximum atomic E-state index is 12.5. The lowest BCUT2D eigenvalue weighted by molar-refractivity contribution is -0.385. The Morgan fingerprint density at radius 2 is 2.00 bits per heavy atom. The molecule has 2 aromatic heterocycles. The molecule has 0 spiro atoms. The van der Waals surface area contributed by atoms with E-state index in [1.807, 2.05) is 12.1 Å². The van der Waals surface area contributed by atoms with Gasteiger partial charge in [-0.1, -0.05) is 18.2 Å². The van der Waals surface area contributed by atoms with Crippen molar-refractivity contribution in [3.63, 3.8) is 0 Å². The highest BCUT2D eigenvalue weighted by molar-refractivity contribution is 6.06. The minimum absolute atomic E-state index is 0.120. The summed E-state index contributed by atoms with van der Waals surface area (Å²) in [5, 5.41) is 30.6. The molecule has 124 valence electrons. The Morgan fingerprint density at radius 1 is 1.28 bits per heavy atom. The number of nitrogens with one attached hydrogen (secondary N) is 1. The van der Waals surface area contributed by atoms with Gasteiger partial charge in [0.05, 0.1) is 16.8 Å². The number of carbonyl (C=O) groups excluding carboxylic acids is 1. The lowest BCUT2D eigenvalue weighted by Crippen LogP contribution is -2.20. The summed E-state index contributed by atoms with van der Waals surface area (Å²) in [4.78, 5) is 22.9. The van der Waals surface area contributed by atoms with Crippen molar-refractivity contribution >= 4 is 17.4 Å². The summed E-state index contributed by atoms with van der Waals surface area (Å²) < 4.78 is 2.47. The third kappa shape index (κ3) is 2.81. The van der Waals surface area contributed by atoms with Crippen molar-refractivity contribution in [1.29, 1.82) is 5.26 Å². The number of aryl methyl sites for hydroxylation is 1. The van der Waals surface area contributed by atoms with Crippen molar-refractivity contribution in [3.8, 4) is 11.8 Å². The molecule has 1 amide bonds. The fourth-order valence-corrected chi connectivity index (χ4v) is 2.31. The van der Waals surface area contributed by atoms with E-state index in [9.17, 15) is 20.2 Å². The maximum Gasteiger partial charge on any atom is 0.320 e. The highest BCUT2D eigenvalue weighted by Crippen LogP contribution is 2.23. The van der Waals surface area contributed by atoms with Gasteiger partial charge in [-0.3, -0.25) is 19.6 Å². The zero-order valence-electron chi connectivity index (χ0n) is 12.9. The number of hydrogen-bond acceptors (Lipinski definition) is 6. The minimum atomic E-state index is -0.763. The highest BCUT2D eigenvalue weighted by Gasteiger charge is 2.27. The van der Waals surface area contributed by atoms with Crippen LogP contribution in [0.4, 0.5) is 11.5 Å². The van der Waals surface area contributed by atoms with Crippen molar-refractivity contribution in [2.45, 2.75) is 0 Å². The van der Waals surface area contributed by atoms with Crippen molar-refractivity contribution < 1.29 is 9.72 Å². The number of amides is 1. The van der Waals surface area contributed by atoms with Crippen LogP contribution < -0.4 is 5.32 Å². The van der Waals surface area contributed by atoms with Gasteiger partial charge in [-0.25, -0.2) is 4.68 Å². The van der Waals surface area contributed by atoms with Crippen LogP contribution in [0.1, 0.15) is 16.1 Å². The molecule has 10 nitrogen and oxygen atoms in total. The summed E-state index contributed by atoms with van der Waals surface area (Å²) in [6, 6.07) is 10.8. The van der Waals surface area contributed by atoms with Gasteiger partial charge in [-0.05, 0) is 12.1 Å². The number of aromatic nitrogens is 4. The molecule has 0 aliphatic rings. The van der Waals surface area contributed by atoms with E-state index in [4.69, 9.17) is 0 Å². The predicted octanol–water partition coefficient (Wildman–Crippen LogP) is 1.64. The number of para-hydroxylation sites is 1. The van der Waals surface area contributed by atoms with E-state index in [1.54, 1.807) is 24.3 Å². The third-order valence-corrected chi connectivity index (χ3v) is 3.45. The molecule has 0 radical (unpaired) electrons. The molecule has 1 N–H and O–H groups in total. The van der Waals surface area contributed by atoms with Crippen LogP contribution in [-0.4, -0.2) is 30.4 Å². The Labute approximate surface area is 141 Å². The molecule has 0 bridgehead atoms. The van der Waals surface area contributed by atoms with Gasteiger partial charge in [0.25, 0.3) is 5.91 Å². The average Bonchev–Trinajstić information content (AvgIpc) is 3.19. The molecule has 3 aromatic rings. The zero-order valence-corrected chi connectivity index (χ0v) is 12.9. The zero-order chi connectivity index (χ0) is 18.0. The molecule has 0 aliphatic carbocycles. The van der Waals surface area contributed by atoms with E-state index in [2.05, 4.69) is 15.5 Å². The van der Waals surface area contributed by atoms with Crippen LogP contribution in [0.2, 0.25) is 0 Å². The summed E-state index contributed by atoms with van der Waals surface area (Å²) in [6.07, 6.45) is 2.30. The molecule has 0 saturated carbocycles. The van der Waals surface area contributed by atoms with Crippen LogP contribution in [0, 0.1) is 21.4 Å². The molecule has 1 aromatic carbocycles.